The number of aromatic amines is 4. The summed E-state index contributed by atoms with van der Waals surface area (Å²) in [7, 11) is 1.84. The molecule has 4 spiro atoms. The highest BCUT2D eigenvalue weighted by Crippen LogP contribution is 2.42. The maximum Gasteiger partial charge on any atom is 0.325 e. The van der Waals surface area contributed by atoms with Gasteiger partial charge in [-0.3, -0.25) is 59.2 Å². The Morgan fingerprint density at radius 3 is 1.18 bits per heavy atom. The molecule has 38 heteroatoms. The van der Waals surface area contributed by atoms with Crippen LogP contribution in [0.3, 0.4) is 0 Å². The molecule has 586 valence electrons. The molecule has 12 amide bonds. The Morgan fingerprint density at radius 1 is 0.460 bits per heavy atom. The van der Waals surface area contributed by atoms with Gasteiger partial charge in [0, 0.05) is 143 Å². The third kappa shape index (κ3) is 14.6. The SMILES string of the molecule is CC(F)(F)CN1C(=O)NC2(CCN(c3cc(Cl)cc4[nH]ncc34)CC2)C1=O.Cn1ccnc1CN1C(=O)NC2(CCN(c3cc(Cl)cc4[nH]ncc34)CC2)C1=O.O=C1NC2(CCN(c3cc(Br)cc4[nH]ncc34)CC2)C(=O)N1Cc1ccccc1.O=C1NC2(CCN(c3cc(Cl)cc4[nH]ncc34)CC2)C(=O)N1Cc1ncco1. The zero-order chi connectivity index (χ0) is 78.9. The van der Waals surface area contributed by atoms with Gasteiger partial charge in [-0.25, -0.2) is 37.9 Å². The maximum absolute atomic E-state index is 13.3. The lowest BCUT2D eigenvalue weighted by atomic mass is 9.87. The number of nitrogens with one attached hydrogen (secondary N) is 8. The lowest BCUT2D eigenvalue weighted by Crippen LogP contribution is -2.55. The van der Waals surface area contributed by atoms with Crippen molar-refractivity contribution in [3.8, 4) is 0 Å². The van der Waals surface area contributed by atoms with Crippen molar-refractivity contribution in [3.63, 3.8) is 0 Å². The van der Waals surface area contributed by atoms with Crippen LogP contribution in [0, 0.1) is 0 Å². The first-order valence-electron chi connectivity index (χ1n) is 36.6. The third-order valence-electron chi connectivity index (χ3n) is 22.4. The number of aromatic nitrogens is 11. The summed E-state index contributed by atoms with van der Waals surface area (Å²) < 4.78 is 34.6. The summed E-state index contributed by atoms with van der Waals surface area (Å²) in [6.45, 7) is 5.08. The fraction of sp³-hybridized carbons (Fsp3) is 0.360. The fourth-order valence-electron chi connectivity index (χ4n) is 16.4. The number of H-pyrrole nitrogens is 4. The summed E-state index contributed by atoms with van der Waals surface area (Å²) in [5.74, 6) is -3.22. The van der Waals surface area contributed by atoms with Gasteiger partial charge in [0.1, 0.15) is 40.8 Å². The molecule has 6 aromatic heterocycles. The van der Waals surface area contributed by atoms with Gasteiger partial charge in [-0.1, -0.05) is 81.1 Å². The standard InChI is InChI=1S/C21H20BrN5O2.C19H20ClN7O2.C18H17ClN6O3.C17H18ClF2N5O2/c22-15-10-17-16(12-23-25-17)18(11-15)26-8-6-21(7-9-26)19(28)27(20(29)24-21)13-14-4-2-1-3-5-14;1-25-7-4-21-16(25)11-27-17(28)19(23-18(27)29)2-5-26(6-3-19)15-9-12(20)8-14-13(15)10-22-24-14;19-11-7-13-12(9-21-23-13)14(8-11)24-4-1-18(2-5-24)16(26)25(17(27)22-18)10-15-20-3-6-28-15;1-16(19,20)9-25-14(26)17(22-15(25)27)2-4-24(5-3-17)13-7-10(18)6-12-11(13)8-21-23-12/h1-5,10-12H,6-9,13H2,(H,23,25)(H,24,29);4,7-10H,2-3,5-6,11H2,1H3,(H,22,24)(H,23,29);3,6-9H,1-2,4-5,10H2,(H,21,23)(H,22,27);6-8H,2-5,9H2,1H3,(H,21,23)(H,22,27). The Labute approximate surface area is 665 Å². The molecule has 0 aliphatic carbocycles. The van der Waals surface area contributed by atoms with E-state index < -0.39 is 52.6 Å². The van der Waals surface area contributed by atoms with Crippen LogP contribution in [-0.4, -0.2) is 210 Å². The predicted octanol–water partition coefficient (Wildman–Crippen LogP) is 10.5. The number of nitrogens with zero attached hydrogens (tertiary/aromatic N) is 15. The van der Waals surface area contributed by atoms with E-state index in [2.05, 4.69) is 114 Å². The topological polar surface area (TPSA) is 369 Å². The summed E-state index contributed by atoms with van der Waals surface area (Å²) in [4.78, 5) is 123. The lowest BCUT2D eigenvalue weighted by Gasteiger charge is -2.38. The molecule has 32 nitrogen and oxygen atoms in total. The molecule has 0 atom stereocenters. The zero-order valence-corrected chi connectivity index (χ0v) is 64.8. The van der Waals surface area contributed by atoms with Crippen LogP contribution < -0.4 is 40.9 Å². The summed E-state index contributed by atoms with van der Waals surface area (Å²) in [6, 6.07) is 23.0. The first-order valence-corrected chi connectivity index (χ1v) is 38.5. The van der Waals surface area contributed by atoms with Gasteiger partial charge in [0.15, 0.2) is 0 Å². The van der Waals surface area contributed by atoms with Crippen molar-refractivity contribution in [2.24, 2.45) is 7.05 Å². The number of halogens is 6. The van der Waals surface area contributed by atoms with Crippen LogP contribution in [0.15, 0.2) is 137 Å². The summed E-state index contributed by atoms with van der Waals surface area (Å²) >= 11 is 22.2. The number of amides is 12. The van der Waals surface area contributed by atoms with Gasteiger partial charge < -0.3 is 49.9 Å². The van der Waals surface area contributed by atoms with E-state index in [4.69, 9.17) is 39.2 Å². The largest absolute Gasteiger partial charge is 0.447 e. The monoisotopic (exact) mass is 1660 g/mol. The Kier molecular flexibility index (Phi) is 20.0. The van der Waals surface area contributed by atoms with Crippen LogP contribution in [0.25, 0.3) is 43.6 Å². The minimum absolute atomic E-state index is 0.0348. The van der Waals surface area contributed by atoms with Crippen molar-refractivity contribution >= 4 is 165 Å². The number of carbonyl (C=O) groups excluding carboxylic acids is 8. The number of fused-ring (bicyclic) bond motifs is 4. The highest BCUT2D eigenvalue weighted by molar-refractivity contribution is 9.10. The number of urea groups is 4. The predicted molar refractivity (Wildman–Crippen MR) is 418 cm³/mol. The Morgan fingerprint density at radius 2 is 0.814 bits per heavy atom. The average molecular weight is 1670 g/mol. The van der Waals surface area contributed by atoms with Gasteiger partial charge in [-0.05, 0) is 105 Å². The maximum atomic E-state index is 13.3. The van der Waals surface area contributed by atoms with E-state index >= 15 is 0 Å². The molecule has 8 aliphatic rings. The Hall–Kier alpha value is -11.4. The molecule has 113 heavy (non-hydrogen) atoms. The molecule has 0 unspecified atom stereocenters. The molecule has 0 radical (unpaired) electrons. The van der Waals surface area contributed by atoms with Crippen molar-refractivity contribution in [1.29, 1.82) is 0 Å². The molecule has 8 aliphatic heterocycles. The van der Waals surface area contributed by atoms with Gasteiger partial charge in [-0.2, -0.15) is 20.4 Å². The average Bonchev–Trinajstić information content (AvgIpc) is 1.66. The van der Waals surface area contributed by atoms with Crippen molar-refractivity contribution in [2.75, 3.05) is 78.5 Å². The normalized spacial score (nSPS) is 19.1. The quantitative estimate of drug-likeness (QED) is 0.0527. The number of piperidine rings is 4. The van der Waals surface area contributed by atoms with E-state index in [-0.39, 0.29) is 42.9 Å². The van der Waals surface area contributed by atoms with Crippen LogP contribution >= 0.6 is 50.7 Å². The Balaban J connectivity index is 0.000000114. The third-order valence-corrected chi connectivity index (χ3v) is 23.5. The number of imide groups is 4. The first-order chi connectivity index (χ1) is 54.3. The van der Waals surface area contributed by atoms with E-state index in [0.717, 1.165) is 76.4 Å². The van der Waals surface area contributed by atoms with Crippen molar-refractivity contribution in [1.82, 2.24) is 96.2 Å². The number of oxazole rings is 1. The van der Waals surface area contributed by atoms with E-state index in [0.29, 0.717) is 149 Å². The van der Waals surface area contributed by atoms with E-state index in [1.54, 1.807) is 37.1 Å². The van der Waals surface area contributed by atoms with Gasteiger partial charge in [-0.15, -0.1) is 0 Å². The molecule has 14 heterocycles. The summed E-state index contributed by atoms with van der Waals surface area (Å²) in [5.41, 5.74) is 4.72. The van der Waals surface area contributed by atoms with Gasteiger partial charge >= 0.3 is 24.1 Å². The summed E-state index contributed by atoms with van der Waals surface area (Å²) in [6.07, 6.45) is 17.3. The first kappa shape index (κ1) is 75.6. The second-order valence-electron chi connectivity index (χ2n) is 29.5. The second kappa shape index (κ2) is 29.9. The molecule has 19 rings (SSSR count). The number of rotatable bonds is 12. The number of anilines is 4. The van der Waals surface area contributed by atoms with Crippen molar-refractivity contribution in [3.05, 3.63) is 165 Å². The molecule has 8 N–H and O–H groups in total. The van der Waals surface area contributed by atoms with Crippen molar-refractivity contribution < 1.29 is 51.6 Å². The van der Waals surface area contributed by atoms with Gasteiger partial charge in [0.05, 0.1) is 72.7 Å². The van der Waals surface area contributed by atoms with Crippen LogP contribution in [0.5, 0.6) is 0 Å². The number of benzene rings is 5. The molecule has 0 bridgehead atoms. The van der Waals surface area contributed by atoms with Crippen LogP contribution in [-0.2, 0) is 45.9 Å². The van der Waals surface area contributed by atoms with Gasteiger partial charge in [0.25, 0.3) is 29.6 Å². The lowest BCUT2D eigenvalue weighted by molar-refractivity contribution is -0.135. The number of hydrogen-bond acceptors (Lipinski definition) is 19. The molecular formula is C75H75BrCl3F2N23O9. The molecule has 5 aromatic carbocycles. The van der Waals surface area contributed by atoms with Crippen LogP contribution in [0.4, 0.5) is 50.7 Å². The number of imidazole rings is 1. The number of carbonyl (C=O) groups is 8. The Bertz CT molecular complexity index is 5520. The zero-order valence-electron chi connectivity index (χ0n) is 60.9. The minimum atomic E-state index is -3.13. The van der Waals surface area contributed by atoms with Gasteiger partial charge in [0.2, 0.25) is 5.89 Å². The highest BCUT2D eigenvalue weighted by Gasteiger charge is 2.57. The number of aryl methyl sites for hydroxylation is 1. The molecule has 8 saturated heterocycles. The van der Waals surface area contributed by atoms with Crippen LogP contribution in [0.2, 0.25) is 15.1 Å². The van der Waals surface area contributed by atoms with Crippen molar-refractivity contribution in [2.45, 2.75) is 106 Å². The van der Waals surface area contributed by atoms with E-state index in [1.165, 1.54) is 27.2 Å². The van der Waals surface area contributed by atoms with E-state index in [1.807, 2.05) is 84.5 Å². The molecule has 0 saturated carbocycles. The second-order valence-corrected chi connectivity index (χ2v) is 31.7. The van der Waals surface area contributed by atoms with E-state index in [9.17, 15) is 47.1 Å². The smallest absolute Gasteiger partial charge is 0.325 e. The number of alkyl halides is 2. The highest BCUT2D eigenvalue weighted by atomic mass is 79.9. The number of hydrogen-bond donors (Lipinski definition) is 8. The van der Waals surface area contributed by atoms with Crippen LogP contribution in [0.1, 0.15) is 75.6 Å². The fourth-order valence-corrected chi connectivity index (χ4v) is 17.5. The summed E-state index contributed by atoms with van der Waals surface area (Å²) in [5, 5.41) is 45.4. The molecular weight excluding hydrogens is 1590 g/mol. The molecule has 8 fully saturated rings. The molecule has 11 aromatic rings. The minimum Gasteiger partial charge on any atom is -0.447 e.